The number of nitrogens with zero attached hydrogens (tertiary/aromatic N) is 2. The van der Waals surface area contributed by atoms with Crippen molar-refractivity contribution in [3.05, 3.63) is 48.9 Å². The van der Waals surface area contributed by atoms with E-state index in [0.717, 1.165) is 33.4 Å². The number of aromatic amines is 1. The van der Waals surface area contributed by atoms with Crippen LogP contribution in [0.1, 0.15) is 44.4 Å². The molecule has 2 aromatic rings. The van der Waals surface area contributed by atoms with Gasteiger partial charge in [0.1, 0.15) is 5.56 Å². The second-order valence-corrected chi connectivity index (χ2v) is 7.34. The third-order valence-corrected chi connectivity index (χ3v) is 5.19. The first-order chi connectivity index (χ1) is 11.8. The predicted octanol–water partition coefficient (Wildman–Crippen LogP) is 4.99. The number of benzene rings is 1. The summed E-state index contributed by atoms with van der Waals surface area (Å²) in [5.74, 6) is -0.119. The Bertz CT molecular complexity index is 1030. The molecule has 0 radical (unpaired) electrons. The number of allylic oxidation sites excluding steroid dienone is 1. The Hall–Kier alpha value is -1.99. The van der Waals surface area contributed by atoms with Crippen LogP contribution in [-0.4, -0.2) is 20.4 Å². The summed E-state index contributed by atoms with van der Waals surface area (Å²) in [6, 6.07) is 5.77. The van der Waals surface area contributed by atoms with Crippen LogP contribution in [-0.2, 0) is 0 Å². The van der Waals surface area contributed by atoms with Crippen LogP contribution in [0, 0.1) is 4.77 Å². The van der Waals surface area contributed by atoms with Gasteiger partial charge in [0.25, 0.3) is 5.56 Å². The van der Waals surface area contributed by atoms with E-state index < -0.39 is 5.56 Å². The van der Waals surface area contributed by atoms with Crippen LogP contribution in [0.3, 0.4) is 0 Å². The normalized spacial score (nSPS) is 16.0. The lowest BCUT2D eigenvalue weighted by atomic mass is 10.0. The quantitative estimate of drug-likeness (QED) is 0.688. The summed E-state index contributed by atoms with van der Waals surface area (Å²) in [6.07, 6.45) is 2.46. The summed E-state index contributed by atoms with van der Waals surface area (Å²) in [5.41, 5.74) is 3.15. The van der Waals surface area contributed by atoms with E-state index in [1.54, 1.807) is 10.6 Å². The fourth-order valence-electron chi connectivity index (χ4n) is 2.86. The number of H-pyrrole nitrogens is 1. The zero-order chi connectivity index (χ0) is 18.3. The molecule has 0 fully saturated rings. The summed E-state index contributed by atoms with van der Waals surface area (Å²) in [4.78, 5) is 19.6. The minimum Gasteiger partial charge on any atom is -0.494 e. The number of nitrogens with one attached hydrogen (secondary N) is 1. The van der Waals surface area contributed by atoms with Crippen molar-refractivity contribution in [2.24, 2.45) is 4.99 Å². The number of aromatic nitrogens is 2. The molecular formula is C18H18BrN3O2S. The molecule has 5 nitrogen and oxygen atoms in total. The predicted molar refractivity (Wildman–Crippen MR) is 107 cm³/mol. The molecule has 25 heavy (non-hydrogen) atoms. The molecule has 130 valence electrons. The van der Waals surface area contributed by atoms with Gasteiger partial charge in [0.2, 0.25) is 5.88 Å². The molecule has 2 heterocycles. The summed E-state index contributed by atoms with van der Waals surface area (Å²) >= 11 is 8.67. The first-order valence-electron chi connectivity index (χ1n) is 7.98. The molecule has 1 atom stereocenters. The number of rotatable bonds is 3. The molecule has 1 aromatic carbocycles. The van der Waals surface area contributed by atoms with Crippen molar-refractivity contribution in [2.75, 3.05) is 0 Å². The van der Waals surface area contributed by atoms with Gasteiger partial charge < -0.3 is 5.11 Å². The zero-order valence-corrected chi connectivity index (χ0v) is 16.5. The fourth-order valence-corrected chi connectivity index (χ4v) is 3.58. The van der Waals surface area contributed by atoms with Crippen molar-refractivity contribution in [1.29, 1.82) is 0 Å². The van der Waals surface area contributed by atoms with Gasteiger partial charge in [0.15, 0.2) is 4.77 Å². The Kier molecular flexibility index (Phi) is 4.79. The van der Waals surface area contributed by atoms with Crippen LogP contribution in [0.5, 0.6) is 5.88 Å². The third kappa shape index (κ3) is 3.14. The highest BCUT2D eigenvalue weighted by Gasteiger charge is 2.21. The second-order valence-electron chi connectivity index (χ2n) is 6.04. The summed E-state index contributed by atoms with van der Waals surface area (Å²) < 4.78 is 2.72. The Morgan fingerprint density at radius 2 is 2.20 bits per heavy atom. The van der Waals surface area contributed by atoms with E-state index >= 15 is 0 Å². The van der Waals surface area contributed by atoms with Crippen molar-refractivity contribution < 1.29 is 5.11 Å². The zero-order valence-electron chi connectivity index (χ0n) is 14.1. The number of hydrogen-bond acceptors (Lipinski definition) is 4. The number of halogens is 1. The largest absolute Gasteiger partial charge is 0.494 e. The molecule has 1 aromatic heterocycles. The molecule has 1 aliphatic heterocycles. The Morgan fingerprint density at radius 1 is 1.48 bits per heavy atom. The average Bonchev–Trinajstić information content (AvgIpc) is 2.85. The first kappa shape index (κ1) is 17.8. The van der Waals surface area contributed by atoms with Crippen LogP contribution >= 0.6 is 28.1 Å². The highest BCUT2D eigenvalue weighted by molar-refractivity contribution is 9.10. The minimum absolute atomic E-state index is 0.0266. The molecule has 7 heteroatoms. The Morgan fingerprint density at radius 3 is 2.88 bits per heavy atom. The van der Waals surface area contributed by atoms with Gasteiger partial charge in [0, 0.05) is 27.4 Å². The molecule has 3 rings (SSSR count). The van der Waals surface area contributed by atoms with Crippen molar-refractivity contribution >= 4 is 51.2 Å². The highest BCUT2D eigenvalue weighted by atomic mass is 79.9. The van der Waals surface area contributed by atoms with Crippen molar-refractivity contribution in [3.63, 3.8) is 0 Å². The van der Waals surface area contributed by atoms with E-state index in [-0.39, 0.29) is 22.3 Å². The summed E-state index contributed by atoms with van der Waals surface area (Å²) in [6.45, 7) is 5.82. The lowest BCUT2D eigenvalue weighted by molar-refractivity contribution is 0.371. The smallest absolute Gasteiger partial charge is 0.262 e. The van der Waals surface area contributed by atoms with Crippen LogP contribution in [0.25, 0.3) is 11.6 Å². The van der Waals surface area contributed by atoms with Gasteiger partial charge in [-0.2, -0.15) is 0 Å². The molecule has 0 aliphatic carbocycles. The van der Waals surface area contributed by atoms with Crippen molar-refractivity contribution in [2.45, 2.75) is 33.2 Å². The van der Waals surface area contributed by atoms with Crippen LogP contribution in [0.15, 0.2) is 32.5 Å². The Labute approximate surface area is 158 Å². The lowest BCUT2D eigenvalue weighted by Crippen LogP contribution is -2.19. The van der Waals surface area contributed by atoms with E-state index in [2.05, 4.69) is 25.9 Å². The van der Waals surface area contributed by atoms with E-state index in [4.69, 9.17) is 12.2 Å². The van der Waals surface area contributed by atoms with Crippen LogP contribution < -0.4 is 5.56 Å². The maximum atomic E-state index is 12.4. The van der Waals surface area contributed by atoms with E-state index in [9.17, 15) is 9.90 Å². The lowest BCUT2D eigenvalue weighted by Gasteiger charge is -2.17. The number of aromatic hydroxyl groups is 1. The fraction of sp³-hybridized carbons (Fsp3) is 0.278. The highest BCUT2D eigenvalue weighted by Crippen LogP contribution is 2.38. The third-order valence-electron chi connectivity index (χ3n) is 4.40. The number of hydrogen-bond donors (Lipinski definition) is 2. The van der Waals surface area contributed by atoms with Crippen LogP contribution in [0.4, 0.5) is 5.69 Å². The standard InChI is InChI=1S/C18H18BrN3O2S/c1-4-9(2)22-17(24)14(16(23)21-18(22)25)8-12-10(3)20-15-6-5-11(19)7-13(12)15/h5-9,24H,4H2,1-3H3,(H,21,23,25)/b12-8+. The first-order valence-corrected chi connectivity index (χ1v) is 9.18. The van der Waals surface area contributed by atoms with Gasteiger partial charge >= 0.3 is 0 Å². The molecule has 1 aliphatic rings. The van der Waals surface area contributed by atoms with Crippen molar-refractivity contribution in [1.82, 2.24) is 9.55 Å². The minimum atomic E-state index is -0.411. The van der Waals surface area contributed by atoms with Gasteiger partial charge in [-0.25, -0.2) is 0 Å². The molecular weight excluding hydrogens is 402 g/mol. The van der Waals surface area contributed by atoms with Gasteiger partial charge in [-0.15, -0.1) is 0 Å². The number of aliphatic imine (C=N–C) groups is 1. The van der Waals surface area contributed by atoms with Gasteiger partial charge in [-0.05, 0) is 56.8 Å². The van der Waals surface area contributed by atoms with Crippen LogP contribution in [0.2, 0.25) is 0 Å². The molecule has 0 spiro atoms. The Balaban J connectivity index is 2.25. The molecule has 0 saturated heterocycles. The average molecular weight is 420 g/mol. The maximum Gasteiger partial charge on any atom is 0.262 e. The molecule has 0 bridgehead atoms. The number of fused-ring (bicyclic) bond motifs is 1. The van der Waals surface area contributed by atoms with Gasteiger partial charge in [-0.1, -0.05) is 22.9 Å². The molecule has 0 saturated carbocycles. The SMILES string of the molecule is CCC(C)n1c(O)c(/C=C2\C(C)=Nc3ccc(Br)cc32)c(=O)[nH]c1=S. The topological polar surface area (TPSA) is 70.4 Å². The summed E-state index contributed by atoms with van der Waals surface area (Å²) in [5, 5.41) is 10.7. The van der Waals surface area contributed by atoms with E-state index in [0.29, 0.717) is 0 Å². The van der Waals surface area contributed by atoms with Crippen molar-refractivity contribution in [3.8, 4) is 5.88 Å². The molecule has 0 amide bonds. The van der Waals surface area contributed by atoms with E-state index in [1.807, 2.05) is 39.0 Å². The summed E-state index contributed by atoms with van der Waals surface area (Å²) in [7, 11) is 0. The molecule has 1 unspecified atom stereocenters. The van der Waals surface area contributed by atoms with Gasteiger partial charge in [-0.3, -0.25) is 19.3 Å². The monoisotopic (exact) mass is 419 g/mol. The van der Waals surface area contributed by atoms with Gasteiger partial charge in [0.05, 0.1) is 5.69 Å². The maximum absolute atomic E-state index is 12.4. The molecule has 2 N–H and O–H groups in total. The second kappa shape index (κ2) is 6.72. The van der Waals surface area contributed by atoms with E-state index in [1.165, 1.54) is 0 Å².